The minimum Gasteiger partial charge on any atom is -0.477 e. The predicted octanol–water partition coefficient (Wildman–Crippen LogP) is 1.37. The average molecular weight is 415 g/mol. The summed E-state index contributed by atoms with van der Waals surface area (Å²) in [5, 5.41) is 13.5. The number of nitrogens with zero attached hydrogens (tertiary/aromatic N) is 1. The molecule has 1 fully saturated rings. The summed E-state index contributed by atoms with van der Waals surface area (Å²) in [7, 11) is 1.35. The summed E-state index contributed by atoms with van der Waals surface area (Å²) in [5.41, 5.74) is -0.813. The minimum absolute atomic E-state index is 0.00767. The molecule has 10 heteroatoms. The van der Waals surface area contributed by atoms with Gasteiger partial charge in [-0.3, -0.25) is 14.5 Å². The topological polar surface area (TPSA) is 95.9 Å². The number of ether oxygens (including phenoxy) is 1. The largest absolute Gasteiger partial charge is 0.477 e. The quantitative estimate of drug-likeness (QED) is 0.514. The van der Waals surface area contributed by atoms with E-state index in [0.29, 0.717) is 17.1 Å². The number of fused-ring (bicyclic) bond motifs is 1. The van der Waals surface area contributed by atoms with Gasteiger partial charge in [0.05, 0.1) is 6.42 Å². The molecule has 0 aromatic carbocycles. The van der Waals surface area contributed by atoms with Gasteiger partial charge < -0.3 is 15.2 Å². The monoisotopic (exact) mass is 414 g/mol. The van der Waals surface area contributed by atoms with Gasteiger partial charge in [-0.15, -0.1) is 23.1 Å². The number of β-lactam (4-membered cyclic amide) rings is 1. The molecule has 3 rings (SSSR count). The van der Waals surface area contributed by atoms with Gasteiger partial charge in [-0.25, -0.2) is 4.79 Å². The van der Waals surface area contributed by atoms with E-state index < -0.39 is 23.0 Å². The lowest BCUT2D eigenvalue weighted by molar-refractivity contribution is -0.192. The molecule has 2 aliphatic heterocycles. The lowest BCUT2D eigenvalue weighted by atomic mass is 9.98. The zero-order chi connectivity index (χ0) is 18.9. The summed E-state index contributed by atoms with van der Waals surface area (Å²) in [6, 6.07) is 3.69. The van der Waals surface area contributed by atoms with Gasteiger partial charge in [0.2, 0.25) is 5.91 Å². The fourth-order valence-electron chi connectivity index (χ4n) is 3.05. The molecule has 0 bridgehead atoms. The first kappa shape index (κ1) is 19.3. The van der Waals surface area contributed by atoms with Crippen molar-refractivity contribution < 1.29 is 24.2 Å². The van der Waals surface area contributed by atoms with Crippen LogP contribution in [0.1, 0.15) is 4.88 Å². The van der Waals surface area contributed by atoms with Crippen LogP contribution in [-0.2, 0) is 25.5 Å². The fourth-order valence-corrected chi connectivity index (χ4v) is 5.91. The van der Waals surface area contributed by atoms with Crippen LogP contribution >= 0.6 is 34.9 Å². The first-order chi connectivity index (χ1) is 12.4. The van der Waals surface area contributed by atoms with Crippen molar-refractivity contribution in [2.45, 2.75) is 17.5 Å². The predicted molar refractivity (Wildman–Crippen MR) is 102 cm³/mol. The van der Waals surface area contributed by atoms with Crippen LogP contribution in [0.25, 0.3) is 0 Å². The van der Waals surface area contributed by atoms with Gasteiger partial charge in [0, 0.05) is 23.5 Å². The minimum atomic E-state index is -1.52. The number of aliphatic carboxylic acids is 1. The third kappa shape index (κ3) is 3.15. The number of amides is 2. The summed E-state index contributed by atoms with van der Waals surface area (Å²) < 4.78 is 5.41. The van der Waals surface area contributed by atoms with Crippen LogP contribution in [0, 0.1) is 0 Å². The molecule has 1 unspecified atom stereocenters. The Hall–Kier alpha value is -1.49. The summed E-state index contributed by atoms with van der Waals surface area (Å²) in [6.07, 6.45) is 2.03. The summed E-state index contributed by atoms with van der Waals surface area (Å²) in [5.74, 6) is -1.01. The Balaban J connectivity index is 1.82. The molecular weight excluding hydrogens is 396 g/mol. The highest BCUT2D eigenvalue weighted by molar-refractivity contribution is 8.00. The lowest BCUT2D eigenvalue weighted by Gasteiger charge is -2.55. The van der Waals surface area contributed by atoms with Crippen LogP contribution in [0.5, 0.6) is 0 Å². The number of thiophene rings is 1. The van der Waals surface area contributed by atoms with Gasteiger partial charge in [-0.2, -0.15) is 11.8 Å². The number of carboxylic acid groups (broad SMARTS) is 1. The standard InChI is InChI=1S/C16H18N2O5S3/c1-23-16(17-11(19)6-10-4-3-5-25-10)14(22)18-12(13(20)21)9(7-24-2)8-26-15(16)18/h3-5,15H,6-8H2,1-2H3,(H,17,19)(H,20,21)/t15-,16?/m1/s1. The molecule has 2 N–H and O–H groups in total. The maximum atomic E-state index is 12.8. The van der Waals surface area contributed by atoms with E-state index in [1.807, 2.05) is 23.8 Å². The van der Waals surface area contributed by atoms with Crippen LogP contribution < -0.4 is 5.32 Å². The molecule has 2 aliphatic rings. The highest BCUT2D eigenvalue weighted by atomic mass is 32.2. The molecule has 140 valence electrons. The van der Waals surface area contributed by atoms with Crippen LogP contribution in [0.4, 0.5) is 0 Å². The van der Waals surface area contributed by atoms with E-state index in [1.165, 1.54) is 46.9 Å². The van der Waals surface area contributed by atoms with Crippen LogP contribution in [0.15, 0.2) is 28.8 Å². The molecule has 2 atom stereocenters. The van der Waals surface area contributed by atoms with Crippen molar-refractivity contribution in [1.29, 1.82) is 0 Å². The number of thioether (sulfide) groups is 2. The third-order valence-corrected chi connectivity index (χ3v) is 7.08. The van der Waals surface area contributed by atoms with Gasteiger partial charge in [-0.05, 0) is 23.3 Å². The number of nitrogens with one attached hydrogen (secondary N) is 1. The van der Waals surface area contributed by atoms with E-state index in [2.05, 4.69) is 5.32 Å². The van der Waals surface area contributed by atoms with E-state index >= 15 is 0 Å². The SMILES string of the molecule is COC1(NC(=O)Cc2cccs2)C(=O)N2C(C(=O)O)=C(CSC)CS[C@@H]21. The number of hydrogen-bond donors (Lipinski definition) is 2. The smallest absolute Gasteiger partial charge is 0.352 e. The summed E-state index contributed by atoms with van der Waals surface area (Å²) >= 11 is 4.36. The Bertz CT molecular complexity index is 764. The van der Waals surface area contributed by atoms with E-state index in [4.69, 9.17) is 4.74 Å². The Labute approximate surface area is 163 Å². The number of carbonyl (C=O) groups is 3. The van der Waals surface area contributed by atoms with Crippen molar-refractivity contribution in [3.63, 3.8) is 0 Å². The van der Waals surface area contributed by atoms with Gasteiger partial charge >= 0.3 is 5.97 Å². The molecule has 0 aliphatic carbocycles. The van der Waals surface area contributed by atoms with Gasteiger partial charge in [0.1, 0.15) is 11.1 Å². The maximum Gasteiger partial charge on any atom is 0.352 e. The maximum absolute atomic E-state index is 12.8. The molecule has 7 nitrogen and oxygen atoms in total. The summed E-state index contributed by atoms with van der Waals surface area (Å²) in [6.45, 7) is 0. The van der Waals surface area contributed by atoms with Crippen molar-refractivity contribution in [2.24, 2.45) is 0 Å². The lowest BCUT2D eigenvalue weighted by Crippen LogP contribution is -2.80. The second kappa shape index (κ2) is 7.63. The molecule has 0 spiro atoms. The fraction of sp³-hybridized carbons (Fsp3) is 0.438. The zero-order valence-corrected chi connectivity index (χ0v) is 16.6. The molecule has 0 radical (unpaired) electrons. The second-order valence-corrected chi connectivity index (χ2v) is 8.74. The number of carboxylic acids is 1. The van der Waals surface area contributed by atoms with Gasteiger partial charge in [-0.1, -0.05) is 6.07 Å². The number of methoxy groups -OCH3 is 1. The third-order valence-electron chi connectivity index (χ3n) is 4.19. The molecule has 2 amide bonds. The summed E-state index contributed by atoms with van der Waals surface area (Å²) in [4.78, 5) is 39.0. The molecular formula is C16H18N2O5S3. The molecule has 0 saturated carbocycles. The number of carbonyl (C=O) groups excluding carboxylic acids is 2. The first-order valence-corrected chi connectivity index (χ1v) is 11.0. The highest BCUT2D eigenvalue weighted by Crippen LogP contribution is 2.46. The number of hydrogen-bond acceptors (Lipinski definition) is 7. The van der Waals surface area contributed by atoms with Gasteiger partial charge in [0.25, 0.3) is 11.6 Å². The van der Waals surface area contributed by atoms with Crippen LogP contribution in [0.2, 0.25) is 0 Å². The van der Waals surface area contributed by atoms with Crippen LogP contribution in [-0.4, -0.2) is 63.8 Å². The number of rotatable bonds is 7. The van der Waals surface area contributed by atoms with E-state index in [1.54, 1.807) is 0 Å². The van der Waals surface area contributed by atoms with Crippen molar-refractivity contribution in [3.8, 4) is 0 Å². The van der Waals surface area contributed by atoms with E-state index in [-0.39, 0.29) is 18.0 Å². The van der Waals surface area contributed by atoms with Gasteiger partial charge in [0.15, 0.2) is 0 Å². The van der Waals surface area contributed by atoms with Crippen molar-refractivity contribution in [3.05, 3.63) is 33.7 Å². The Morgan fingerprint density at radius 1 is 1.54 bits per heavy atom. The Morgan fingerprint density at radius 3 is 2.88 bits per heavy atom. The van der Waals surface area contributed by atoms with Crippen molar-refractivity contribution in [1.82, 2.24) is 10.2 Å². The molecule has 3 heterocycles. The Morgan fingerprint density at radius 2 is 2.31 bits per heavy atom. The molecule has 1 aromatic rings. The van der Waals surface area contributed by atoms with E-state index in [0.717, 1.165) is 4.88 Å². The first-order valence-electron chi connectivity index (χ1n) is 7.72. The van der Waals surface area contributed by atoms with Crippen LogP contribution in [0.3, 0.4) is 0 Å². The highest BCUT2D eigenvalue weighted by Gasteiger charge is 2.66. The Kier molecular flexibility index (Phi) is 5.66. The molecule has 26 heavy (non-hydrogen) atoms. The second-order valence-electron chi connectivity index (χ2n) is 5.77. The van der Waals surface area contributed by atoms with Crippen molar-refractivity contribution in [2.75, 3.05) is 24.9 Å². The van der Waals surface area contributed by atoms with Crippen molar-refractivity contribution >= 4 is 52.6 Å². The molecule has 1 saturated heterocycles. The molecule has 1 aromatic heterocycles. The average Bonchev–Trinajstić information content (AvgIpc) is 3.11. The zero-order valence-electron chi connectivity index (χ0n) is 14.2. The van der Waals surface area contributed by atoms with E-state index in [9.17, 15) is 19.5 Å². The normalized spacial score (nSPS) is 24.9.